The van der Waals surface area contributed by atoms with Crippen LogP contribution in [0.5, 0.6) is 0 Å². The maximum Gasteiger partial charge on any atom is 0.302 e. The number of esters is 1. The molecule has 4 heteroatoms. The standard InChI is InChI=1S/C24H35NO3/c1-5-16-20(25)9-11-24(13-28-15(3)26)19-8-10-23(4)18(6-7-21(23)27)17(19)12-14(2)22(16)24/h16-19,22,25H,2,5-13H2,1,3-4H3/t16-,17?,18?,19?,22?,23-,24-/m0/s1. The van der Waals surface area contributed by atoms with Crippen LogP contribution in [0.2, 0.25) is 0 Å². The summed E-state index contributed by atoms with van der Waals surface area (Å²) in [6.45, 7) is 10.8. The van der Waals surface area contributed by atoms with E-state index in [9.17, 15) is 9.59 Å². The van der Waals surface area contributed by atoms with Crippen molar-refractivity contribution < 1.29 is 14.3 Å². The minimum Gasteiger partial charge on any atom is -0.465 e. The average molecular weight is 386 g/mol. The molecule has 4 rings (SSSR count). The van der Waals surface area contributed by atoms with Crippen molar-refractivity contribution in [2.24, 2.45) is 40.4 Å². The molecule has 28 heavy (non-hydrogen) atoms. The van der Waals surface area contributed by atoms with Crippen LogP contribution in [0.3, 0.4) is 0 Å². The molecule has 0 aromatic rings. The van der Waals surface area contributed by atoms with E-state index < -0.39 is 0 Å². The third-order valence-electron chi connectivity index (χ3n) is 9.14. The molecule has 0 spiro atoms. The lowest BCUT2D eigenvalue weighted by atomic mass is 9.42. The number of allylic oxidation sites excluding steroid dienone is 1. The van der Waals surface area contributed by atoms with E-state index >= 15 is 0 Å². The Balaban J connectivity index is 1.76. The van der Waals surface area contributed by atoms with Gasteiger partial charge in [0.15, 0.2) is 0 Å². The predicted octanol–water partition coefficient (Wildman–Crippen LogP) is 4.96. The number of fused-ring (bicyclic) bond motifs is 5. The van der Waals surface area contributed by atoms with Gasteiger partial charge in [0.05, 0.1) is 6.61 Å². The van der Waals surface area contributed by atoms with Gasteiger partial charge in [0.2, 0.25) is 0 Å². The van der Waals surface area contributed by atoms with Gasteiger partial charge in [-0.25, -0.2) is 0 Å². The van der Waals surface area contributed by atoms with Gasteiger partial charge in [0.1, 0.15) is 5.78 Å². The molecule has 0 saturated heterocycles. The van der Waals surface area contributed by atoms with Crippen LogP contribution in [0.15, 0.2) is 12.2 Å². The number of Topliss-reactive ketones (excluding diaryl/α,β-unsaturated/α-hetero) is 1. The molecule has 0 aliphatic heterocycles. The minimum atomic E-state index is -0.216. The summed E-state index contributed by atoms with van der Waals surface area (Å²) in [4.78, 5) is 24.4. The van der Waals surface area contributed by atoms with Crippen LogP contribution < -0.4 is 0 Å². The largest absolute Gasteiger partial charge is 0.465 e. The van der Waals surface area contributed by atoms with Gasteiger partial charge >= 0.3 is 5.97 Å². The van der Waals surface area contributed by atoms with Crippen LogP contribution in [0, 0.1) is 45.8 Å². The molecular weight excluding hydrogens is 350 g/mol. The molecule has 7 atom stereocenters. The Morgan fingerprint density at radius 1 is 1.25 bits per heavy atom. The Morgan fingerprint density at radius 3 is 2.68 bits per heavy atom. The number of rotatable bonds is 3. The number of carbonyl (C=O) groups is 2. The molecule has 0 radical (unpaired) electrons. The normalized spacial score (nSPS) is 45.2. The third kappa shape index (κ3) is 2.66. The lowest BCUT2D eigenvalue weighted by Crippen LogP contribution is -2.59. The van der Waals surface area contributed by atoms with Crippen LogP contribution in [0.4, 0.5) is 0 Å². The molecule has 4 fully saturated rings. The van der Waals surface area contributed by atoms with Crippen LogP contribution in [0.25, 0.3) is 0 Å². The highest BCUT2D eigenvalue weighted by molar-refractivity contribution is 5.87. The number of hydrogen-bond donors (Lipinski definition) is 1. The topological polar surface area (TPSA) is 67.2 Å². The monoisotopic (exact) mass is 385 g/mol. The highest BCUT2D eigenvalue weighted by atomic mass is 16.5. The number of hydrogen-bond acceptors (Lipinski definition) is 4. The van der Waals surface area contributed by atoms with Crippen molar-refractivity contribution in [1.82, 2.24) is 0 Å². The van der Waals surface area contributed by atoms with Crippen molar-refractivity contribution >= 4 is 17.5 Å². The van der Waals surface area contributed by atoms with Crippen molar-refractivity contribution in [2.45, 2.75) is 72.1 Å². The quantitative estimate of drug-likeness (QED) is 0.551. The number of ether oxygens (including phenoxy) is 1. The molecule has 4 aliphatic carbocycles. The van der Waals surface area contributed by atoms with Gasteiger partial charge < -0.3 is 10.1 Å². The van der Waals surface area contributed by atoms with Crippen molar-refractivity contribution in [3.05, 3.63) is 12.2 Å². The SMILES string of the molecule is C=C1CC2C(CC[C@]3(C)C(=O)CCC23)[C@@]2(COC(C)=O)CCC(=N)[C@H](CC)C12. The highest BCUT2D eigenvalue weighted by Crippen LogP contribution is 2.67. The van der Waals surface area contributed by atoms with Crippen molar-refractivity contribution in [3.8, 4) is 0 Å². The van der Waals surface area contributed by atoms with Crippen molar-refractivity contribution in [1.29, 1.82) is 5.41 Å². The number of ketones is 1. The number of nitrogens with one attached hydrogen (secondary N) is 1. The van der Waals surface area contributed by atoms with Gasteiger partial charge in [-0.1, -0.05) is 26.0 Å². The Morgan fingerprint density at radius 2 is 2.00 bits per heavy atom. The van der Waals surface area contributed by atoms with Gasteiger partial charge in [0, 0.05) is 35.8 Å². The summed E-state index contributed by atoms with van der Waals surface area (Å²) in [6.07, 6.45) is 7.37. The zero-order valence-electron chi connectivity index (χ0n) is 17.7. The zero-order valence-corrected chi connectivity index (χ0v) is 17.7. The zero-order chi connectivity index (χ0) is 20.3. The van der Waals surface area contributed by atoms with Gasteiger partial charge in [-0.05, 0) is 68.6 Å². The fourth-order valence-corrected chi connectivity index (χ4v) is 7.89. The maximum atomic E-state index is 12.7. The second kappa shape index (κ2) is 6.81. The van der Waals surface area contributed by atoms with E-state index in [4.69, 9.17) is 10.1 Å². The highest BCUT2D eigenvalue weighted by Gasteiger charge is 2.63. The lowest BCUT2D eigenvalue weighted by Gasteiger charge is -2.62. The molecule has 154 valence electrons. The van der Waals surface area contributed by atoms with Gasteiger partial charge in [-0.15, -0.1) is 0 Å². The van der Waals surface area contributed by atoms with Crippen LogP contribution in [-0.2, 0) is 14.3 Å². The Bertz CT molecular complexity index is 727. The van der Waals surface area contributed by atoms with E-state index in [1.807, 2.05) is 0 Å². The minimum absolute atomic E-state index is 0.107. The van der Waals surface area contributed by atoms with E-state index in [0.29, 0.717) is 30.1 Å². The summed E-state index contributed by atoms with van der Waals surface area (Å²) in [7, 11) is 0. The number of carbonyl (C=O) groups excluding carboxylic acids is 2. The molecule has 4 nitrogen and oxygen atoms in total. The molecule has 0 bridgehead atoms. The van der Waals surface area contributed by atoms with Gasteiger partial charge in [-0.3, -0.25) is 9.59 Å². The van der Waals surface area contributed by atoms with E-state index in [0.717, 1.165) is 57.1 Å². The predicted molar refractivity (Wildman–Crippen MR) is 109 cm³/mol. The molecule has 0 heterocycles. The van der Waals surface area contributed by atoms with Crippen LogP contribution in [-0.4, -0.2) is 24.1 Å². The Labute approximate surface area is 169 Å². The Hall–Kier alpha value is -1.45. The second-order valence-electron chi connectivity index (χ2n) is 10.2. The molecule has 4 aliphatic rings. The first-order valence-electron chi connectivity index (χ1n) is 11.2. The molecule has 1 N–H and O–H groups in total. The first-order valence-corrected chi connectivity index (χ1v) is 11.2. The van der Waals surface area contributed by atoms with Gasteiger partial charge in [-0.2, -0.15) is 0 Å². The summed E-state index contributed by atoms with van der Waals surface area (Å²) in [5.41, 5.74) is 1.82. The molecule has 4 saturated carbocycles. The third-order valence-corrected chi connectivity index (χ3v) is 9.14. The molecule has 4 unspecified atom stereocenters. The van der Waals surface area contributed by atoms with E-state index in [1.54, 1.807) is 0 Å². The summed E-state index contributed by atoms with van der Waals surface area (Å²) in [5, 5.41) is 8.58. The lowest BCUT2D eigenvalue weighted by molar-refractivity contribution is -0.160. The molecule has 0 amide bonds. The fraction of sp³-hybridized carbons (Fsp3) is 0.792. The molecule has 0 aromatic carbocycles. The van der Waals surface area contributed by atoms with Crippen molar-refractivity contribution in [2.75, 3.05) is 6.61 Å². The Kier molecular flexibility index (Phi) is 4.83. The summed E-state index contributed by atoms with van der Waals surface area (Å²) in [6, 6.07) is 0. The second-order valence-corrected chi connectivity index (χ2v) is 10.2. The molecular formula is C24H35NO3. The van der Waals surface area contributed by atoms with Crippen molar-refractivity contribution in [3.63, 3.8) is 0 Å². The average Bonchev–Trinajstić information content (AvgIpc) is 2.96. The maximum absolute atomic E-state index is 12.7. The summed E-state index contributed by atoms with van der Waals surface area (Å²) in [5.74, 6) is 2.06. The van der Waals surface area contributed by atoms with Crippen LogP contribution >= 0.6 is 0 Å². The summed E-state index contributed by atoms with van der Waals surface area (Å²) < 4.78 is 5.71. The summed E-state index contributed by atoms with van der Waals surface area (Å²) >= 11 is 0. The molecule has 0 aromatic heterocycles. The first-order chi connectivity index (χ1) is 13.2. The van der Waals surface area contributed by atoms with E-state index in [-0.39, 0.29) is 28.6 Å². The first kappa shape index (κ1) is 19.8. The fourth-order valence-electron chi connectivity index (χ4n) is 7.89. The van der Waals surface area contributed by atoms with Crippen LogP contribution in [0.1, 0.15) is 72.1 Å². The van der Waals surface area contributed by atoms with E-state index in [2.05, 4.69) is 20.4 Å². The smallest absolute Gasteiger partial charge is 0.302 e. The van der Waals surface area contributed by atoms with Gasteiger partial charge in [0.25, 0.3) is 0 Å². The van der Waals surface area contributed by atoms with E-state index in [1.165, 1.54) is 12.5 Å².